The van der Waals surface area contributed by atoms with E-state index in [1.807, 2.05) is 6.92 Å². The maximum atomic E-state index is 13.9. The van der Waals surface area contributed by atoms with Crippen LogP contribution in [-0.4, -0.2) is 0 Å². The molecule has 0 bridgehead atoms. The number of benzene rings is 2. The molecule has 0 aliphatic carbocycles. The first-order valence-corrected chi connectivity index (χ1v) is 6.25. The van der Waals surface area contributed by atoms with Gasteiger partial charge in [-0.25, -0.2) is 8.78 Å². The molecular formula is C15H14ClF2N. The van der Waals surface area contributed by atoms with Crippen LogP contribution < -0.4 is 5.73 Å². The van der Waals surface area contributed by atoms with Crippen LogP contribution in [0.5, 0.6) is 0 Å². The first kappa shape index (κ1) is 14.0. The van der Waals surface area contributed by atoms with E-state index >= 15 is 0 Å². The predicted octanol–water partition coefficient (Wildman–Crippen LogP) is 4.28. The van der Waals surface area contributed by atoms with Crippen LogP contribution in [0.4, 0.5) is 8.78 Å². The predicted molar refractivity (Wildman–Crippen MR) is 73.3 cm³/mol. The monoisotopic (exact) mass is 281 g/mol. The van der Waals surface area contributed by atoms with Crippen LogP contribution in [0.3, 0.4) is 0 Å². The van der Waals surface area contributed by atoms with E-state index in [0.29, 0.717) is 10.6 Å². The summed E-state index contributed by atoms with van der Waals surface area (Å²) in [5, 5.41) is 0.556. The van der Waals surface area contributed by atoms with Crippen LogP contribution in [0.2, 0.25) is 5.02 Å². The Morgan fingerprint density at radius 3 is 2.26 bits per heavy atom. The standard InChI is InChI=1S/C15H14ClF2N/c1-8-3-5-10(7-12(8)16)15(19)11-6-4-9(2)13(17)14(11)18/h3-7,15H,19H2,1-2H3. The molecule has 19 heavy (non-hydrogen) atoms. The molecule has 100 valence electrons. The van der Waals surface area contributed by atoms with Gasteiger partial charge in [-0.05, 0) is 36.6 Å². The molecule has 0 fully saturated rings. The van der Waals surface area contributed by atoms with Crippen molar-refractivity contribution in [2.45, 2.75) is 19.9 Å². The lowest BCUT2D eigenvalue weighted by Crippen LogP contribution is -2.15. The van der Waals surface area contributed by atoms with E-state index in [1.165, 1.54) is 19.1 Å². The van der Waals surface area contributed by atoms with Crippen LogP contribution in [0.25, 0.3) is 0 Å². The SMILES string of the molecule is Cc1ccc(C(N)c2ccc(C)c(F)c2F)cc1Cl. The maximum Gasteiger partial charge on any atom is 0.164 e. The third-order valence-electron chi connectivity index (χ3n) is 3.20. The van der Waals surface area contributed by atoms with E-state index in [9.17, 15) is 8.78 Å². The number of hydrogen-bond acceptors (Lipinski definition) is 1. The number of hydrogen-bond donors (Lipinski definition) is 1. The summed E-state index contributed by atoms with van der Waals surface area (Å²) in [6.07, 6.45) is 0. The third kappa shape index (κ3) is 2.62. The second kappa shape index (κ2) is 5.27. The molecule has 0 aromatic heterocycles. The molecule has 1 unspecified atom stereocenters. The molecule has 2 N–H and O–H groups in total. The lowest BCUT2D eigenvalue weighted by atomic mass is 9.97. The van der Waals surface area contributed by atoms with Gasteiger partial charge in [-0.15, -0.1) is 0 Å². The Hall–Kier alpha value is -1.45. The Kier molecular flexibility index (Phi) is 3.88. The first-order valence-electron chi connectivity index (χ1n) is 5.88. The summed E-state index contributed by atoms with van der Waals surface area (Å²) in [4.78, 5) is 0. The third-order valence-corrected chi connectivity index (χ3v) is 3.60. The summed E-state index contributed by atoms with van der Waals surface area (Å²) in [5.74, 6) is -1.75. The smallest absolute Gasteiger partial charge is 0.164 e. The normalized spacial score (nSPS) is 12.5. The largest absolute Gasteiger partial charge is 0.320 e. The van der Waals surface area contributed by atoms with E-state index in [2.05, 4.69) is 0 Å². The van der Waals surface area contributed by atoms with Gasteiger partial charge < -0.3 is 5.73 Å². The minimum absolute atomic E-state index is 0.128. The van der Waals surface area contributed by atoms with Crippen LogP contribution in [-0.2, 0) is 0 Å². The average Bonchev–Trinajstić information content (AvgIpc) is 2.39. The quantitative estimate of drug-likeness (QED) is 0.873. The zero-order chi connectivity index (χ0) is 14.2. The molecule has 0 radical (unpaired) electrons. The average molecular weight is 282 g/mol. The Morgan fingerprint density at radius 1 is 1.00 bits per heavy atom. The number of rotatable bonds is 2. The highest BCUT2D eigenvalue weighted by molar-refractivity contribution is 6.31. The van der Waals surface area contributed by atoms with E-state index in [4.69, 9.17) is 17.3 Å². The highest BCUT2D eigenvalue weighted by atomic mass is 35.5. The van der Waals surface area contributed by atoms with E-state index in [-0.39, 0.29) is 11.1 Å². The van der Waals surface area contributed by atoms with Crippen LogP contribution in [0, 0.1) is 25.5 Å². The van der Waals surface area contributed by atoms with Gasteiger partial charge in [0.1, 0.15) is 0 Å². The molecule has 0 amide bonds. The summed E-state index contributed by atoms with van der Waals surface area (Å²) in [7, 11) is 0. The zero-order valence-corrected chi connectivity index (χ0v) is 11.4. The molecule has 1 atom stereocenters. The van der Waals surface area contributed by atoms with Gasteiger partial charge >= 0.3 is 0 Å². The molecule has 0 saturated heterocycles. The number of halogens is 3. The minimum atomic E-state index is -0.899. The van der Waals surface area contributed by atoms with Gasteiger partial charge in [0.05, 0.1) is 6.04 Å². The summed E-state index contributed by atoms with van der Waals surface area (Å²) < 4.78 is 27.4. The molecule has 1 nitrogen and oxygen atoms in total. The topological polar surface area (TPSA) is 26.0 Å². The Balaban J connectivity index is 2.47. The van der Waals surface area contributed by atoms with Crippen LogP contribution in [0.15, 0.2) is 30.3 Å². The Labute approximate surface area is 116 Å². The van der Waals surface area contributed by atoms with Crippen molar-refractivity contribution < 1.29 is 8.78 Å². The van der Waals surface area contributed by atoms with Gasteiger partial charge in [-0.2, -0.15) is 0 Å². The highest BCUT2D eigenvalue weighted by Gasteiger charge is 2.18. The van der Waals surface area contributed by atoms with Gasteiger partial charge in [-0.3, -0.25) is 0 Å². The van der Waals surface area contributed by atoms with Crippen LogP contribution in [0.1, 0.15) is 28.3 Å². The second-order valence-electron chi connectivity index (χ2n) is 4.59. The molecule has 2 aromatic carbocycles. The lowest BCUT2D eigenvalue weighted by molar-refractivity contribution is 0.489. The molecule has 0 aliphatic rings. The molecular weight excluding hydrogens is 268 g/mol. The number of nitrogens with two attached hydrogens (primary N) is 1. The maximum absolute atomic E-state index is 13.9. The molecule has 0 spiro atoms. The highest BCUT2D eigenvalue weighted by Crippen LogP contribution is 2.27. The molecule has 2 rings (SSSR count). The lowest BCUT2D eigenvalue weighted by Gasteiger charge is -2.15. The summed E-state index contributed by atoms with van der Waals surface area (Å²) in [6, 6.07) is 7.53. The van der Waals surface area contributed by atoms with Crippen molar-refractivity contribution >= 4 is 11.6 Å². The zero-order valence-electron chi connectivity index (χ0n) is 10.7. The van der Waals surface area contributed by atoms with Crippen molar-refractivity contribution in [3.05, 3.63) is 69.2 Å². The van der Waals surface area contributed by atoms with Crippen molar-refractivity contribution in [2.75, 3.05) is 0 Å². The van der Waals surface area contributed by atoms with Gasteiger partial charge in [-0.1, -0.05) is 35.9 Å². The van der Waals surface area contributed by atoms with Crippen LogP contribution >= 0.6 is 11.6 Å². The van der Waals surface area contributed by atoms with Crippen molar-refractivity contribution in [1.29, 1.82) is 0 Å². The van der Waals surface area contributed by atoms with E-state index in [1.54, 1.807) is 18.2 Å². The molecule has 2 aromatic rings. The minimum Gasteiger partial charge on any atom is -0.320 e. The van der Waals surface area contributed by atoms with E-state index < -0.39 is 17.7 Å². The summed E-state index contributed by atoms with van der Waals surface area (Å²) in [6.45, 7) is 3.38. The molecule has 0 aliphatic heterocycles. The van der Waals surface area contributed by atoms with Gasteiger partial charge in [0.2, 0.25) is 0 Å². The van der Waals surface area contributed by atoms with Gasteiger partial charge in [0.15, 0.2) is 11.6 Å². The van der Waals surface area contributed by atoms with Crippen molar-refractivity contribution in [1.82, 2.24) is 0 Å². The molecule has 0 saturated carbocycles. The number of aryl methyl sites for hydroxylation is 2. The Bertz CT molecular complexity index is 626. The fourth-order valence-corrected chi connectivity index (χ4v) is 2.07. The van der Waals surface area contributed by atoms with E-state index in [0.717, 1.165) is 5.56 Å². The molecule has 4 heteroatoms. The van der Waals surface area contributed by atoms with Gasteiger partial charge in [0.25, 0.3) is 0 Å². The second-order valence-corrected chi connectivity index (χ2v) is 4.99. The Morgan fingerprint density at radius 2 is 1.63 bits per heavy atom. The van der Waals surface area contributed by atoms with Crippen molar-refractivity contribution in [3.8, 4) is 0 Å². The molecule has 0 heterocycles. The summed E-state index contributed by atoms with van der Waals surface area (Å²) in [5.41, 5.74) is 7.94. The first-order chi connectivity index (χ1) is 8.91. The van der Waals surface area contributed by atoms with Crippen molar-refractivity contribution in [2.24, 2.45) is 5.73 Å². The fourth-order valence-electron chi connectivity index (χ4n) is 1.88. The van der Waals surface area contributed by atoms with Crippen molar-refractivity contribution in [3.63, 3.8) is 0 Å². The van der Waals surface area contributed by atoms with Gasteiger partial charge in [0, 0.05) is 10.6 Å². The summed E-state index contributed by atoms with van der Waals surface area (Å²) >= 11 is 6.02. The fraction of sp³-hybridized carbons (Fsp3) is 0.200.